The molecule has 0 unspecified atom stereocenters. The molecule has 10 heteroatoms. The molecule has 1 saturated heterocycles. The van der Waals surface area contributed by atoms with Gasteiger partial charge in [0.25, 0.3) is 5.56 Å². The van der Waals surface area contributed by atoms with Crippen molar-refractivity contribution in [3.05, 3.63) is 63.9 Å². The minimum Gasteiger partial charge on any atom is -0.450 e. The van der Waals surface area contributed by atoms with Gasteiger partial charge in [-0.05, 0) is 37.3 Å². The molecule has 0 radical (unpaired) electrons. The quantitative estimate of drug-likeness (QED) is 0.406. The zero-order valence-electron chi connectivity index (χ0n) is 18.1. The van der Waals surface area contributed by atoms with Crippen molar-refractivity contribution < 1.29 is 14.3 Å². The highest BCUT2D eigenvalue weighted by Gasteiger charge is 2.25. The van der Waals surface area contributed by atoms with Crippen LogP contribution >= 0.6 is 23.4 Å². The molecule has 1 aromatic heterocycles. The summed E-state index contributed by atoms with van der Waals surface area (Å²) in [4.78, 5) is 46.0. The molecule has 33 heavy (non-hydrogen) atoms. The van der Waals surface area contributed by atoms with E-state index in [0.717, 1.165) is 0 Å². The minimum atomic E-state index is -0.357. The molecular formula is C23H23ClN4O4S. The van der Waals surface area contributed by atoms with Crippen LogP contribution in [-0.2, 0) is 9.53 Å². The summed E-state index contributed by atoms with van der Waals surface area (Å²) in [7, 11) is 0. The molecule has 0 saturated carbocycles. The van der Waals surface area contributed by atoms with Gasteiger partial charge in [0, 0.05) is 31.2 Å². The molecule has 8 nitrogen and oxygen atoms in total. The lowest BCUT2D eigenvalue weighted by molar-refractivity contribution is -0.129. The Kier molecular flexibility index (Phi) is 7.20. The molecule has 4 rings (SSSR count). The monoisotopic (exact) mass is 486 g/mol. The average molecular weight is 487 g/mol. The van der Waals surface area contributed by atoms with Crippen molar-refractivity contribution in [2.75, 3.05) is 38.5 Å². The topological polar surface area (TPSA) is 84.7 Å². The van der Waals surface area contributed by atoms with E-state index in [1.165, 1.54) is 16.3 Å². The van der Waals surface area contributed by atoms with E-state index in [9.17, 15) is 14.4 Å². The predicted octanol–water partition coefficient (Wildman–Crippen LogP) is 3.43. The molecule has 2 aromatic carbocycles. The van der Waals surface area contributed by atoms with Crippen LogP contribution in [0, 0.1) is 0 Å². The Morgan fingerprint density at radius 2 is 1.79 bits per heavy atom. The summed E-state index contributed by atoms with van der Waals surface area (Å²) in [6.45, 7) is 3.81. The zero-order valence-corrected chi connectivity index (χ0v) is 19.6. The largest absolute Gasteiger partial charge is 0.450 e. The van der Waals surface area contributed by atoms with Gasteiger partial charge in [-0.25, -0.2) is 9.78 Å². The molecule has 0 N–H and O–H groups in total. The highest BCUT2D eigenvalue weighted by molar-refractivity contribution is 7.99. The summed E-state index contributed by atoms with van der Waals surface area (Å²) in [5.41, 5.74) is 0.934. The molecule has 0 bridgehead atoms. The van der Waals surface area contributed by atoms with Crippen molar-refractivity contribution in [2.24, 2.45) is 0 Å². The number of para-hydroxylation sites is 1. The first kappa shape index (κ1) is 23.1. The number of halogens is 1. The van der Waals surface area contributed by atoms with E-state index < -0.39 is 0 Å². The smallest absolute Gasteiger partial charge is 0.409 e. The lowest BCUT2D eigenvalue weighted by Gasteiger charge is -2.34. The molecular weight excluding hydrogens is 464 g/mol. The van der Waals surface area contributed by atoms with Gasteiger partial charge in [0.05, 0.1) is 29.0 Å². The van der Waals surface area contributed by atoms with Gasteiger partial charge < -0.3 is 14.5 Å². The lowest BCUT2D eigenvalue weighted by atomic mass is 10.2. The van der Waals surface area contributed by atoms with Gasteiger partial charge in [0.15, 0.2) is 5.16 Å². The summed E-state index contributed by atoms with van der Waals surface area (Å²) >= 11 is 7.37. The van der Waals surface area contributed by atoms with E-state index in [-0.39, 0.29) is 23.3 Å². The number of carbonyl (C=O) groups excluding carboxylic acids is 2. The number of rotatable bonds is 5. The first-order valence-corrected chi connectivity index (χ1v) is 11.9. The molecule has 2 amide bonds. The van der Waals surface area contributed by atoms with Crippen LogP contribution in [0.5, 0.6) is 0 Å². The molecule has 0 atom stereocenters. The number of piperazine rings is 1. The highest BCUT2D eigenvalue weighted by Crippen LogP contribution is 2.23. The number of aromatic nitrogens is 2. The van der Waals surface area contributed by atoms with E-state index in [4.69, 9.17) is 16.3 Å². The van der Waals surface area contributed by atoms with Crippen molar-refractivity contribution in [3.63, 3.8) is 0 Å². The number of amides is 2. The van der Waals surface area contributed by atoms with Gasteiger partial charge in [0.1, 0.15) is 0 Å². The Morgan fingerprint density at radius 3 is 2.52 bits per heavy atom. The van der Waals surface area contributed by atoms with Crippen LogP contribution in [0.3, 0.4) is 0 Å². The molecule has 3 aromatic rings. The van der Waals surface area contributed by atoms with Gasteiger partial charge in [-0.3, -0.25) is 14.2 Å². The van der Waals surface area contributed by atoms with E-state index >= 15 is 0 Å². The van der Waals surface area contributed by atoms with Crippen LogP contribution in [0.15, 0.2) is 58.5 Å². The van der Waals surface area contributed by atoms with Crippen LogP contribution in [0.2, 0.25) is 5.02 Å². The Labute approximate surface area is 200 Å². The lowest BCUT2D eigenvalue weighted by Crippen LogP contribution is -2.51. The van der Waals surface area contributed by atoms with Crippen molar-refractivity contribution in [1.82, 2.24) is 19.4 Å². The van der Waals surface area contributed by atoms with E-state index in [1.807, 2.05) is 6.07 Å². The Bertz CT molecular complexity index is 1240. The van der Waals surface area contributed by atoms with Crippen LogP contribution in [0.25, 0.3) is 16.6 Å². The highest BCUT2D eigenvalue weighted by atomic mass is 35.5. The molecule has 1 aliphatic heterocycles. The molecule has 0 aliphatic carbocycles. The normalized spacial score (nSPS) is 13.9. The average Bonchev–Trinajstić information content (AvgIpc) is 2.83. The zero-order chi connectivity index (χ0) is 23.4. The van der Waals surface area contributed by atoms with Crippen molar-refractivity contribution >= 4 is 46.3 Å². The number of hydrogen-bond acceptors (Lipinski definition) is 6. The third-order valence-electron chi connectivity index (χ3n) is 5.29. The molecule has 2 heterocycles. The SMILES string of the molecule is CCOC(=O)N1CCN(C(=O)CSc2nc3ccccc3c(=O)n2-c2cccc(Cl)c2)CC1. The first-order valence-electron chi connectivity index (χ1n) is 10.6. The summed E-state index contributed by atoms with van der Waals surface area (Å²) < 4.78 is 6.51. The van der Waals surface area contributed by atoms with Crippen LogP contribution in [-0.4, -0.2) is 69.9 Å². The number of hydrogen-bond donors (Lipinski definition) is 0. The van der Waals surface area contributed by atoms with Gasteiger partial charge in [-0.2, -0.15) is 0 Å². The number of benzene rings is 2. The van der Waals surface area contributed by atoms with Crippen molar-refractivity contribution in [2.45, 2.75) is 12.1 Å². The molecule has 1 aliphatic rings. The second kappa shape index (κ2) is 10.3. The Hall–Kier alpha value is -3.04. The Balaban J connectivity index is 1.54. The Morgan fingerprint density at radius 1 is 1.06 bits per heavy atom. The van der Waals surface area contributed by atoms with Crippen LogP contribution in [0.4, 0.5) is 4.79 Å². The van der Waals surface area contributed by atoms with E-state index in [0.29, 0.717) is 59.6 Å². The minimum absolute atomic E-state index is 0.0800. The maximum atomic E-state index is 13.3. The summed E-state index contributed by atoms with van der Waals surface area (Å²) in [6.07, 6.45) is -0.357. The fourth-order valence-electron chi connectivity index (χ4n) is 3.62. The third kappa shape index (κ3) is 5.15. The number of carbonyl (C=O) groups is 2. The van der Waals surface area contributed by atoms with Crippen molar-refractivity contribution in [3.8, 4) is 5.69 Å². The van der Waals surface area contributed by atoms with E-state index in [1.54, 1.807) is 59.2 Å². The fourth-order valence-corrected chi connectivity index (χ4v) is 4.72. The second-order valence-corrected chi connectivity index (χ2v) is 8.77. The maximum Gasteiger partial charge on any atom is 0.409 e. The van der Waals surface area contributed by atoms with Gasteiger partial charge in [-0.1, -0.05) is 41.6 Å². The first-order chi connectivity index (χ1) is 16.0. The maximum absolute atomic E-state index is 13.3. The van der Waals surface area contributed by atoms with E-state index in [2.05, 4.69) is 4.98 Å². The second-order valence-electron chi connectivity index (χ2n) is 7.39. The summed E-state index contributed by atoms with van der Waals surface area (Å²) in [5, 5.41) is 1.40. The van der Waals surface area contributed by atoms with Gasteiger partial charge >= 0.3 is 6.09 Å². The number of thioether (sulfide) groups is 1. The number of nitrogens with zero attached hydrogens (tertiary/aromatic N) is 4. The predicted molar refractivity (Wildman–Crippen MR) is 128 cm³/mol. The molecule has 1 fully saturated rings. The summed E-state index contributed by atoms with van der Waals surface area (Å²) in [5.74, 6) is 0.0358. The number of ether oxygens (including phenoxy) is 1. The van der Waals surface area contributed by atoms with Crippen molar-refractivity contribution in [1.29, 1.82) is 0 Å². The standard InChI is InChI=1S/C23H23ClN4O4S/c1-2-32-23(31)27-12-10-26(11-13-27)20(29)15-33-22-25-19-9-4-3-8-18(19)21(30)28(22)17-7-5-6-16(24)14-17/h3-9,14H,2,10-13,15H2,1H3. The van der Waals surface area contributed by atoms with Crippen LogP contribution < -0.4 is 5.56 Å². The molecule has 0 spiro atoms. The third-order valence-corrected chi connectivity index (χ3v) is 6.45. The van der Waals surface area contributed by atoms with Gasteiger partial charge in [-0.15, -0.1) is 0 Å². The molecule has 172 valence electrons. The fraction of sp³-hybridized carbons (Fsp3) is 0.304. The van der Waals surface area contributed by atoms with Gasteiger partial charge in [0.2, 0.25) is 5.91 Å². The van der Waals surface area contributed by atoms with Crippen LogP contribution in [0.1, 0.15) is 6.92 Å². The summed E-state index contributed by atoms with van der Waals surface area (Å²) in [6, 6.07) is 14.1. The number of fused-ring (bicyclic) bond motifs is 1.